The van der Waals surface area contributed by atoms with Gasteiger partial charge in [0, 0.05) is 17.6 Å². The van der Waals surface area contributed by atoms with E-state index >= 15 is 0 Å². The molecular formula is C25H33BrN2O3. The lowest BCUT2D eigenvalue weighted by atomic mass is 10.1. The molecule has 5 nitrogen and oxygen atoms in total. The summed E-state index contributed by atoms with van der Waals surface area (Å²) in [4.78, 5) is 27.4. The van der Waals surface area contributed by atoms with Gasteiger partial charge in [0.15, 0.2) is 6.61 Å². The van der Waals surface area contributed by atoms with Crippen LogP contribution >= 0.6 is 15.9 Å². The maximum Gasteiger partial charge on any atom is 0.261 e. The van der Waals surface area contributed by atoms with Gasteiger partial charge in [-0.3, -0.25) is 9.59 Å². The number of hydrogen-bond acceptors (Lipinski definition) is 3. The Labute approximate surface area is 194 Å². The molecule has 1 unspecified atom stereocenters. The van der Waals surface area contributed by atoms with E-state index in [0.29, 0.717) is 18.8 Å². The van der Waals surface area contributed by atoms with Crippen molar-refractivity contribution in [2.75, 3.05) is 13.2 Å². The third kappa shape index (κ3) is 7.39. The molecule has 0 aromatic heterocycles. The molecule has 0 saturated carbocycles. The summed E-state index contributed by atoms with van der Waals surface area (Å²) in [6.07, 6.45) is 1.91. The van der Waals surface area contributed by atoms with E-state index in [1.807, 2.05) is 51.1 Å². The van der Waals surface area contributed by atoms with Crippen LogP contribution in [-0.2, 0) is 16.1 Å². The van der Waals surface area contributed by atoms with E-state index < -0.39 is 6.04 Å². The van der Waals surface area contributed by atoms with Crippen LogP contribution in [0, 0.1) is 20.8 Å². The number of rotatable bonds is 10. The van der Waals surface area contributed by atoms with Gasteiger partial charge in [0.2, 0.25) is 5.91 Å². The summed E-state index contributed by atoms with van der Waals surface area (Å²) < 4.78 is 6.86. The van der Waals surface area contributed by atoms with E-state index in [4.69, 9.17) is 4.74 Å². The smallest absolute Gasteiger partial charge is 0.261 e. The minimum Gasteiger partial charge on any atom is -0.483 e. The van der Waals surface area contributed by atoms with Crippen molar-refractivity contribution in [2.24, 2.45) is 0 Å². The summed E-state index contributed by atoms with van der Waals surface area (Å²) in [5.41, 5.74) is 4.18. The first-order valence-corrected chi connectivity index (χ1v) is 11.5. The van der Waals surface area contributed by atoms with E-state index in [1.165, 1.54) is 0 Å². The summed E-state index contributed by atoms with van der Waals surface area (Å²) in [5, 5.41) is 2.93. The van der Waals surface area contributed by atoms with E-state index in [0.717, 1.165) is 39.6 Å². The van der Waals surface area contributed by atoms with Gasteiger partial charge in [-0.1, -0.05) is 47.5 Å². The minimum atomic E-state index is -0.600. The predicted molar refractivity (Wildman–Crippen MR) is 128 cm³/mol. The zero-order valence-corrected chi connectivity index (χ0v) is 20.7. The molecule has 2 aromatic carbocycles. The molecule has 0 aliphatic rings. The Hall–Kier alpha value is -2.34. The fourth-order valence-electron chi connectivity index (χ4n) is 3.28. The Morgan fingerprint density at radius 2 is 1.81 bits per heavy atom. The molecule has 0 radical (unpaired) electrons. The van der Waals surface area contributed by atoms with Gasteiger partial charge in [0.25, 0.3) is 5.91 Å². The van der Waals surface area contributed by atoms with Crippen molar-refractivity contribution in [2.45, 2.75) is 60.0 Å². The van der Waals surface area contributed by atoms with Crippen molar-refractivity contribution < 1.29 is 14.3 Å². The maximum atomic E-state index is 13.2. The van der Waals surface area contributed by atoms with Gasteiger partial charge >= 0.3 is 0 Å². The van der Waals surface area contributed by atoms with Crippen molar-refractivity contribution in [3.05, 3.63) is 63.1 Å². The van der Waals surface area contributed by atoms with Crippen LogP contribution in [0.15, 0.2) is 40.9 Å². The normalized spacial score (nSPS) is 11.7. The van der Waals surface area contributed by atoms with Crippen molar-refractivity contribution >= 4 is 27.7 Å². The highest BCUT2D eigenvalue weighted by atomic mass is 79.9. The van der Waals surface area contributed by atoms with Gasteiger partial charge in [-0.05, 0) is 74.6 Å². The van der Waals surface area contributed by atoms with Crippen molar-refractivity contribution in [3.63, 3.8) is 0 Å². The second-order valence-electron chi connectivity index (χ2n) is 7.96. The van der Waals surface area contributed by atoms with Gasteiger partial charge in [0.05, 0.1) is 0 Å². The van der Waals surface area contributed by atoms with Crippen molar-refractivity contribution in [3.8, 4) is 5.75 Å². The highest BCUT2D eigenvalue weighted by Crippen LogP contribution is 2.23. The third-order valence-electron chi connectivity index (χ3n) is 5.38. The maximum absolute atomic E-state index is 13.2. The number of carbonyl (C=O) groups is 2. The number of nitrogens with zero attached hydrogens (tertiary/aromatic N) is 1. The van der Waals surface area contributed by atoms with E-state index in [1.54, 1.807) is 11.8 Å². The first kappa shape index (κ1) is 24.9. The van der Waals surface area contributed by atoms with E-state index in [-0.39, 0.29) is 18.4 Å². The Bertz CT molecular complexity index is 896. The Morgan fingerprint density at radius 3 is 2.45 bits per heavy atom. The van der Waals surface area contributed by atoms with Gasteiger partial charge in [-0.2, -0.15) is 0 Å². The summed E-state index contributed by atoms with van der Waals surface area (Å²) in [6, 6.07) is 11.2. The standard InChI is InChI=1S/C25H33BrN2O3/c1-6-7-12-27-25(30)20(5)28(15-21-8-10-22(26)11-9-21)24(29)16-31-23-14-17(2)13-18(3)19(23)4/h8-11,13-14,20H,6-7,12,15-16H2,1-5H3,(H,27,30). The molecule has 6 heteroatoms. The van der Waals surface area contributed by atoms with Crippen LogP contribution < -0.4 is 10.1 Å². The average molecular weight is 489 g/mol. The SMILES string of the molecule is CCCCNC(=O)C(C)N(Cc1ccc(Br)cc1)C(=O)COc1cc(C)cc(C)c1C. The fraction of sp³-hybridized carbons (Fsp3) is 0.440. The number of unbranched alkanes of at least 4 members (excludes halogenated alkanes) is 1. The third-order valence-corrected chi connectivity index (χ3v) is 5.91. The molecule has 0 aliphatic carbocycles. The van der Waals surface area contributed by atoms with Crippen LogP contribution in [0.5, 0.6) is 5.75 Å². The summed E-state index contributed by atoms with van der Waals surface area (Å²) in [6.45, 7) is 10.7. The minimum absolute atomic E-state index is 0.118. The first-order chi connectivity index (χ1) is 14.7. The number of ether oxygens (including phenoxy) is 1. The number of aryl methyl sites for hydroxylation is 2. The van der Waals surface area contributed by atoms with E-state index in [2.05, 4.69) is 34.2 Å². The number of halogens is 1. The quantitative estimate of drug-likeness (QED) is 0.474. The topological polar surface area (TPSA) is 58.6 Å². The van der Waals surface area contributed by atoms with Crippen LogP contribution in [0.25, 0.3) is 0 Å². The molecule has 1 N–H and O–H groups in total. The van der Waals surface area contributed by atoms with Gasteiger partial charge in [0.1, 0.15) is 11.8 Å². The molecule has 2 aromatic rings. The van der Waals surface area contributed by atoms with Gasteiger partial charge in [-0.15, -0.1) is 0 Å². The van der Waals surface area contributed by atoms with Crippen LogP contribution in [0.1, 0.15) is 48.9 Å². The number of carbonyl (C=O) groups excluding carboxylic acids is 2. The molecule has 0 saturated heterocycles. The lowest BCUT2D eigenvalue weighted by molar-refractivity contribution is -0.142. The molecule has 31 heavy (non-hydrogen) atoms. The zero-order valence-electron chi connectivity index (χ0n) is 19.1. The molecule has 0 aliphatic heterocycles. The molecule has 2 rings (SSSR count). The van der Waals surface area contributed by atoms with Crippen molar-refractivity contribution in [1.82, 2.24) is 10.2 Å². The summed E-state index contributed by atoms with van der Waals surface area (Å²) >= 11 is 3.43. The fourth-order valence-corrected chi connectivity index (χ4v) is 3.54. The first-order valence-electron chi connectivity index (χ1n) is 10.7. The molecule has 0 spiro atoms. The highest BCUT2D eigenvalue weighted by molar-refractivity contribution is 9.10. The molecular weight excluding hydrogens is 456 g/mol. The highest BCUT2D eigenvalue weighted by Gasteiger charge is 2.26. The number of hydrogen-bond donors (Lipinski definition) is 1. The summed E-state index contributed by atoms with van der Waals surface area (Å²) in [7, 11) is 0. The predicted octanol–water partition coefficient (Wildman–Crippen LogP) is 5.09. The van der Waals surface area contributed by atoms with Crippen molar-refractivity contribution in [1.29, 1.82) is 0 Å². The second-order valence-corrected chi connectivity index (χ2v) is 8.88. The largest absolute Gasteiger partial charge is 0.483 e. The molecule has 0 heterocycles. The molecule has 0 bridgehead atoms. The Kier molecular flexibility index (Phi) is 9.56. The lowest BCUT2D eigenvalue weighted by Crippen LogP contribution is -2.49. The Balaban J connectivity index is 2.16. The monoisotopic (exact) mass is 488 g/mol. The van der Waals surface area contributed by atoms with Crippen LogP contribution in [0.2, 0.25) is 0 Å². The molecule has 2 amide bonds. The van der Waals surface area contributed by atoms with Gasteiger partial charge in [-0.25, -0.2) is 0 Å². The number of benzene rings is 2. The van der Waals surface area contributed by atoms with Crippen LogP contribution in [0.4, 0.5) is 0 Å². The molecule has 0 fully saturated rings. The molecule has 1 atom stereocenters. The van der Waals surface area contributed by atoms with Crippen LogP contribution in [0.3, 0.4) is 0 Å². The summed E-state index contributed by atoms with van der Waals surface area (Å²) in [5.74, 6) is 0.329. The number of nitrogens with one attached hydrogen (secondary N) is 1. The lowest BCUT2D eigenvalue weighted by Gasteiger charge is -2.29. The number of amides is 2. The van der Waals surface area contributed by atoms with Crippen LogP contribution in [-0.4, -0.2) is 35.9 Å². The van der Waals surface area contributed by atoms with E-state index in [9.17, 15) is 9.59 Å². The second kappa shape index (κ2) is 11.9. The average Bonchev–Trinajstić information content (AvgIpc) is 2.74. The Morgan fingerprint density at radius 1 is 1.13 bits per heavy atom. The zero-order chi connectivity index (χ0) is 23.0. The van der Waals surface area contributed by atoms with Gasteiger partial charge < -0.3 is 15.0 Å². The molecule has 168 valence electrons.